The quantitative estimate of drug-likeness (QED) is 0.299. The molecule has 1 atom stereocenters. The number of benzene rings is 2. The molecule has 3 aromatic rings. The summed E-state index contributed by atoms with van der Waals surface area (Å²) in [4.78, 5) is 15.5. The van der Waals surface area contributed by atoms with E-state index in [0.29, 0.717) is 0 Å². The van der Waals surface area contributed by atoms with Gasteiger partial charge in [0.05, 0.1) is 5.56 Å². The minimum atomic E-state index is -0.0533. The Morgan fingerprint density at radius 2 is 2.00 bits per heavy atom. The maximum atomic E-state index is 12.9. The fraction of sp³-hybridized carbons (Fsp3) is 0.320. The first-order chi connectivity index (χ1) is 15.1. The lowest BCUT2D eigenvalue weighted by Crippen LogP contribution is -2.38. The van der Waals surface area contributed by atoms with Gasteiger partial charge in [0.1, 0.15) is 0 Å². The average molecular weight is 654 g/mol. The maximum absolute atomic E-state index is 12.9. The summed E-state index contributed by atoms with van der Waals surface area (Å²) in [5.41, 5.74) is 4.39. The first-order valence-electron chi connectivity index (χ1n) is 10.8. The van der Waals surface area contributed by atoms with Gasteiger partial charge in [-0.2, -0.15) is 0 Å². The zero-order valence-electron chi connectivity index (χ0n) is 17.2. The van der Waals surface area contributed by atoms with Gasteiger partial charge in [0, 0.05) is 35.5 Å². The second-order valence-corrected chi connectivity index (χ2v) is 11.7. The van der Waals surface area contributed by atoms with E-state index < -0.39 is 0 Å². The second-order valence-electron chi connectivity index (χ2n) is 8.35. The molecule has 3 nitrogen and oxygen atoms in total. The first-order valence-corrected chi connectivity index (χ1v) is 13.8. The molecule has 1 saturated heterocycles. The van der Waals surface area contributed by atoms with Crippen LogP contribution in [0.25, 0.3) is 15.7 Å². The summed E-state index contributed by atoms with van der Waals surface area (Å²) in [5, 5.41) is 6.67. The predicted octanol–water partition coefficient (Wildman–Crippen LogP) is 7.39. The Morgan fingerprint density at radius 3 is 2.87 bits per heavy atom. The topological polar surface area (TPSA) is 32.3 Å². The van der Waals surface area contributed by atoms with Crippen LogP contribution in [-0.4, -0.2) is 29.9 Å². The third kappa shape index (κ3) is 4.72. The van der Waals surface area contributed by atoms with Gasteiger partial charge in [0.15, 0.2) is 0 Å². The highest BCUT2D eigenvalue weighted by Gasteiger charge is 2.24. The van der Waals surface area contributed by atoms with E-state index in [0.717, 1.165) is 37.4 Å². The summed E-state index contributed by atoms with van der Waals surface area (Å²) in [7, 11) is 0. The number of carbonyl (C=O) groups is 1. The highest BCUT2D eigenvalue weighted by molar-refractivity contribution is 14.1. The minimum absolute atomic E-state index is 0.0533. The van der Waals surface area contributed by atoms with Gasteiger partial charge in [-0.15, -0.1) is 11.3 Å². The molecule has 1 aromatic heterocycles. The molecule has 2 aliphatic rings. The van der Waals surface area contributed by atoms with Crippen LogP contribution >= 0.6 is 56.5 Å². The number of thiophene rings is 1. The van der Waals surface area contributed by atoms with Crippen molar-refractivity contribution in [2.45, 2.75) is 38.1 Å². The molecule has 31 heavy (non-hydrogen) atoms. The summed E-state index contributed by atoms with van der Waals surface area (Å²) < 4.78 is 3.38. The Kier molecular flexibility index (Phi) is 6.69. The molecule has 160 valence electrons. The molecule has 3 heterocycles. The molecule has 1 fully saturated rings. The fourth-order valence-corrected chi connectivity index (χ4v) is 7.56. The minimum Gasteiger partial charge on any atom is -0.322 e. The van der Waals surface area contributed by atoms with Gasteiger partial charge in [-0.25, -0.2) is 0 Å². The summed E-state index contributed by atoms with van der Waals surface area (Å²) in [6.45, 7) is 2.31. The molecule has 0 spiro atoms. The van der Waals surface area contributed by atoms with Crippen molar-refractivity contribution in [1.29, 1.82) is 0 Å². The molecular weight excluding hydrogens is 630 g/mol. The van der Waals surface area contributed by atoms with Crippen molar-refractivity contribution in [2.24, 2.45) is 0 Å². The molecule has 2 aromatic carbocycles. The number of piperidine rings is 1. The largest absolute Gasteiger partial charge is 0.322 e. The van der Waals surface area contributed by atoms with E-state index in [-0.39, 0.29) is 5.91 Å². The van der Waals surface area contributed by atoms with Crippen LogP contribution in [0.2, 0.25) is 0 Å². The number of carbonyl (C=O) groups excluding carboxylic acids is 1. The number of rotatable bonds is 3. The molecule has 0 aliphatic carbocycles. The van der Waals surface area contributed by atoms with Crippen LogP contribution < -0.4 is 5.32 Å². The van der Waals surface area contributed by atoms with Crippen LogP contribution in [0.3, 0.4) is 0 Å². The van der Waals surface area contributed by atoms with Gasteiger partial charge in [0.2, 0.25) is 0 Å². The average Bonchev–Trinajstić information content (AvgIpc) is 3.05. The first kappa shape index (κ1) is 21.9. The molecule has 1 N–H and O–H groups in total. The van der Waals surface area contributed by atoms with Gasteiger partial charge in [0.25, 0.3) is 5.91 Å². The van der Waals surface area contributed by atoms with E-state index >= 15 is 0 Å². The number of amides is 1. The van der Waals surface area contributed by atoms with E-state index in [4.69, 9.17) is 0 Å². The fourth-order valence-electron chi connectivity index (χ4n) is 4.75. The van der Waals surface area contributed by atoms with E-state index in [9.17, 15) is 4.79 Å². The number of hydrogen-bond acceptors (Lipinski definition) is 3. The van der Waals surface area contributed by atoms with Crippen molar-refractivity contribution in [3.05, 3.63) is 66.1 Å². The lowest BCUT2D eigenvalue weighted by atomic mass is 9.95. The van der Waals surface area contributed by atoms with Crippen LogP contribution in [-0.2, 0) is 0 Å². The third-order valence-corrected chi connectivity index (χ3v) is 8.95. The summed E-state index contributed by atoms with van der Waals surface area (Å²) >= 11 is 6.30. The summed E-state index contributed by atoms with van der Waals surface area (Å²) in [5.74, 6) is -0.0533. The summed E-state index contributed by atoms with van der Waals surface area (Å²) in [6.07, 6.45) is 8.91. The van der Waals surface area contributed by atoms with Crippen LogP contribution in [0.4, 0.5) is 5.69 Å². The van der Waals surface area contributed by atoms with Crippen molar-refractivity contribution < 1.29 is 4.79 Å². The molecule has 6 heteroatoms. The number of halogens is 2. The van der Waals surface area contributed by atoms with E-state index in [1.54, 1.807) is 11.3 Å². The zero-order valence-corrected chi connectivity index (χ0v) is 22.3. The van der Waals surface area contributed by atoms with Crippen LogP contribution in [0.5, 0.6) is 0 Å². The lowest BCUT2D eigenvalue weighted by Gasteiger charge is -2.33. The molecule has 0 radical (unpaired) electrons. The van der Waals surface area contributed by atoms with E-state index in [1.807, 2.05) is 24.3 Å². The lowest BCUT2D eigenvalue weighted by molar-refractivity contribution is 0.102. The summed E-state index contributed by atoms with van der Waals surface area (Å²) in [6, 6.07) is 13.0. The maximum Gasteiger partial charge on any atom is 0.256 e. The van der Waals surface area contributed by atoms with Gasteiger partial charge in [-0.3, -0.25) is 9.69 Å². The normalized spacial score (nSPS) is 19.5. The Balaban J connectivity index is 1.41. The Hall–Kier alpha value is -0.970. The van der Waals surface area contributed by atoms with E-state index in [2.05, 4.69) is 79.0 Å². The second kappa shape index (κ2) is 9.49. The number of nitrogens with one attached hydrogen (secondary N) is 1. The standard InChI is InChI=1S/C25H24I2N2OS/c26-17-5-8-20(23(27)13-17)25(30)28-18-6-9-24-21(14-18)22(15-31-24)16-4-7-19-3-1-2-11-29(19)12-10-16/h5-6,8-10,13-15,19H,1-4,7,11-12H2,(H,28,30). The van der Waals surface area contributed by atoms with Gasteiger partial charge in [-0.1, -0.05) is 12.5 Å². The van der Waals surface area contributed by atoms with Crippen molar-refractivity contribution in [2.75, 3.05) is 18.4 Å². The van der Waals surface area contributed by atoms with Crippen LogP contribution in [0.15, 0.2) is 47.9 Å². The van der Waals surface area contributed by atoms with Crippen molar-refractivity contribution in [3.63, 3.8) is 0 Å². The van der Waals surface area contributed by atoms with Crippen LogP contribution in [0.1, 0.15) is 48.0 Å². The van der Waals surface area contributed by atoms with E-state index in [1.165, 1.54) is 53.5 Å². The molecule has 0 bridgehead atoms. The Labute approximate surface area is 214 Å². The Bertz CT molecular complexity index is 1170. The smallest absolute Gasteiger partial charge is 0.256 e. The third-order valence-electron chi connectivity index (χ3n) is 6.42. The predicted molar refractivity (Wildman–Crippen MR) is 148 cm³/mol. The van der Waals surface area contributed by atoms with Crippen molar-refractivity contribution in [1.82, 2.24) is 4.90 Å². The number of fused-ring (bicyclic) bond motifs is 2. The Morgan fingerprint density at radius 1 is 1.10 bits per heavy atom. The number of anilines is 1. The van der Waals surface area contributed by atoms with Gasteiger partial charge >= 0.3 is 0 Å². The SMILES string of the molecule is O=C(Nc1ccc2scc(C3=CCN4CCCCC4CC3)c2c1)c1ccc(I)cc1I. The molecule has 1 amide bonds. The highest BCUT2D eigenvalue weighted by atomic mass is 127. The molecule has 1 unspecified atom stereocenters. The monoisotopic (exact) mass is 654 g/mol. The van der Waals surface area contributed by atoms with Gasteiger partial charge < -0.3 is 5.32 Å². The van der Waals surface area contributed by atoms with Crippen molar-refractivity contribution >= 4 is 83.8 Å². The molecule has 0 saturated carbocycles. The number of hydrogen-bond donors (Lipinski definition) is 1. The highest BCUT2D eigenvalue weighted by Crippen LogP contribution is 2.37. The van der Waals surface area contributed by atoms with Gasteiger partial charge in [-0.05, 0) is 130 Å². The number of allylic oxidation sites excluding steroid dienone is 1. The number of nitrogens with zero attached hydrogens (tertiary/aromatic N) is 1. The molecular formula is C25H24I2N2OS. The van der Waals surface area contributed by atoms with Crippen molar-refractivity contribution in [3.8, 4) is 0 Å². The molecule has 2 aliphatic heterocycles. The molecule has 5 rings (SSSR count). The zero-order chi connectivity index (χ0) is 21.4. The van der Waals surface area contributed by atoms with Crippen LogP contribution in [0, 0.1) is 7.14 Å².